The molecule has 0 radical (unpaired) electrons. The van der Waals surface area contributed by atoms with Crippen molar-refractivity contribution in [2.75, 3.05) is 30.9 Å². The molecule has 0 aliphatic carbocycles. The maximum absolute atomic E-state index is 12.8. The van der Waals surface area contributed by atoms with Crippen molar-refractivity contribution < 1.29 is 27.4 Å². The second kappa shape index (κ2) is 11.2. The Kier molecular flexibility index (Phi) is 8.39. The summed E-state index contributed by atoms with van der Waals surface area (Å²) in [7, 11) is -0.948. The van der Waals surface area contributed by atoms with E-state index in [9.17, 15) is 13.2 Å². The molecule has 2 N–H and O–H groups in total. The molecule has 174 valence electrons. The Labute approximate surface area is 206 Å². The van der Waals surface area contributed by atoms with Gasteiger partial charge in [-0.1, -0.05) is 0 Å². The predicted octanol–water partition coefficient (Wildman–Crippen LogP) is 4.52. The first-order valence-corrected chi connectivity index (χ1v) is 12.4. The molecule has 3 aromatic rings. The molecule has 3 aromatic carbocycles. The molecule has 0 saturated heterocycles. The molecule has 0 aliphatic heterocycles. The second-order valence-corrected chi connectivity index (χ2v) is 9.72. The molecule has 0 heterocycles. The zero-order valence-corrected chi connectivity index (χ0v) is 21.0. The minimum absolute atomic E-state index is 0.0346. The Morgan fingerprint density at radius 1 is 0.909 bits per heavy atom. The van der Waals surface area contributed by atoms with Crippen molar-refractivity contribution in [3.63, 3.8) is 0 Å². The number of carbonyl (C=O) groups is 1. The van der Waals surface area contributed by atoms with E-state index >= 15 is 0 Å². The molecule has 0 spiro atoms. The van der Waals surface area contributed by atoms with Crippen LogP contribution in [0.25, 0.3) is 0 Å². The molecule has 0 unspecified atom stereocenters. The van der Waals surface area contributed by atoms with E-state index in [0.29, 0.717) is 22.9 Å². The Morgan fingerprint density at radius 2 is 1.58 bits per heavy atom. The van der Waals surface area contributed by atoms with Crippen LogP contribution in [-0.2, 0) is 14.8 Å². The number of methoxy groups -OCH3 is 2. The highest BCUT2D eigenvalue weighted by atomic mass is 127. The van der Waals surface area contributed by atoms with Crippen LogP contribution in [0.4, 0.5) is 11.4 Å². The molecule has 8 nitrogen and oxygen atoms in total. The van der Waals surface area contributed by atoms with Gasteiger partial charge in [0.25, 0.3) is 10.0 Å². The Balaban J connectivity index is 1.58. The molecule has 0 aromatic heterocycles. The summed E-state index contributed by atoms with van der Waals surface area (Å²) in [6.45, 7) is 0.227. The van der Waals surface area contributed by atoms with E-state index in [0.717, 1.165) is 3.57 Å². The number of halogens is 1. The molecule has 0 bridgehead atoms. The fraction of sp³-hybridized carbons (Fsp3) is 0.174. The zero-order valence-electron chi connectivity index (χ0n) is 18.0. The molecule has 0 aliphatic rings. The van der Waals surface area contributed by atoms with Crippen LogP contribution in [0.1, 0.15) is 6.42 Å². The van der Waals surface area contributed by atoms with Crippen molar-refractivity contribution in [1.82, 2.24) is 0 Å². The maximum atomic E-state index is 12.8. The van der Waals surface area contributed by atoms with Gasteiger partial charge in [0.2, 0.25) is 5.91 Å². The summed E-state index contributed by atoms with van der Waals surface area (Å²) >= 11 is 2.20. The number of ether oxygens (including phenoxy) is 3. The normalized spacial score (nSPS) is 10.9. The zero-order chi connectivity index (χ0) is 23.8. The lowest BCUT2D eigenvalue weighted by Crippen LogP contribution is -2.16. The van der Waals surface area contributed by atoms with Crippen LogP contribution in [0.3, 0.4) is 0 Å². The summed E-state index contributed by atoms with van der Waals surface area (Å²) in [4.78, 5) is 12.2. The van der Waals surface area contributed by atoms with E-state index in [1.165, 1.54) is 44.6 Å². The number of amides is 1. The molecule has 10 heteroatoms. The molecule has 0 fully saturated rings. The van der Waals surface area contributed by atoms with Crippen LogP contribution in [0.2, 0.25) is 0 Å². The quantitative estimate of drug-likeness (QED) is 0.341. The summed E-state index contributed by atoms with van der Waals surface area (Å²) < 4.78 is 45.1. The van der Waals surface area contributed by atoms with Crippen molar-refractivity contribution in [1.29, 1.82) is 0 Å². The second-order valence-electron chi connectivity index (χ2n) is 6.80. The fourth-order valence-electron chi connectivity index (χ4n) is 2.83. The molecule has 1 amide bonds. The first kappa shape index (κ1) is 24.6. The van der Waals surface area contributed by atoms with Gasteiger partial charge in [0.05, 0.1) is 37.8 Å². The number of carbonyl (C=O) groups excluding carboxylic acids is 1. The van der Waals surface area contributed by atoms with Crippen LogP contribution in [0.15, 0.2) is 71.6 Å². The summed E-state index contributed by atoms with van der Waals surface area (Å²) in [5.74, 6) is 1.29. The molecule has 0 atom stereocenters. The Hall–Kier alpha value is -2.99. The first-order chi connectivity index (χ1) is 15.8. The summed E-state index contributed by atoms with van der Waals surface area (Å²) in [6, 6.07) is 18.2. The van der Waals surface area contributed by atoms with E-state index in [1.54, 1.807) is 12.1 Å². The van der Waals surface area contributed by atoms with Gasteiger partial charge in [0.15, 0.2) is 0 Å². The first-order valence-electron chi connectivity index (χ1n) is 9.84. The Morgan fingerprint density at radius 3 is 2.21 bits per heavy atom. The predicted molar refractivity (Wildman–Crippen MR) is 135 cm³/mol. The third-order valence-electron chi connectivity index (χ3n) is 4.51. The standard InChI is InChI=1S/C23H23IN2O6S/c1-30-19-9-12-22(31-2)21(15-19)26-33(28,29)20-10-5-17(6-11-20)25-23(27)13-14-32-18-7-3-16(24)4-8-18/h3-12,15,26H,13-14H2,1-2H3,(H,25,27). The van der Waals surface area contributed by atoms with Gasteiger partial charge in [0.1, 0.15) is 17.2 Å². The maximum Gasteiger partial charge on any atom is 0.262 e. The fourth-order valence-corrected chi connectivity index (χ4v) is 4.25. The third-order valence-corrected chi connectivity index (χ3v) is 6.61. The van der Waals surface area contributed by atoms with Crippen LogP contribution in [-0.4, -0.2) is 35.2 Å². The number of anilines is 2. The molecule has 3 rings (SSSR count). The number of benzene rings is 3. The van der Waals surface area contributed by atoms with Gasteiger partial charge in [0, 0.05) is 15.3 Å². The average molecular weight is 582 g/mol. The minimum atomic E-state index is -3.88. The van der Waals surface area contributed by atoms with Gasteiger partial charge in [-0.2, -0.15) is 0 Å². The third kappa shape index (κ3) is 6.99. The number of nitrogens with one attached hydrogen (secondary N) is 2. The van der Waals surface area contributed by atoms with Gasteiger partial charge >= 0.3 is 0 Å². The van der Waals surface area contributed by atoms with E-state index in [1.807, 2.05) is 24.3 Å². The van der Waals surface area contributed by atoms with Crippen molar-refractivity contribution in [3.8, 4) is 17.2 Å². The van der Waals surface area contributed by atoms with Crippen molar-refractivity contribution >= 4 is 49.9 Å². The smallest absolute Gasteiger partial charge is 0.262 e. The van der Waals surface area contributed by atoms with Crippen LogP contribution in [0, 0.1) is 3.57 Å². The number of rotatable bonds is 10. The van der Waals surface area contributed by atoms with Crippen LogP contribution in [0.5, 0.6) is 17.2 Å². The van der Waals surface area contributed by atoms with E-state index < -0.39 is 10.0 Å². The Bertz CT molecular complexity index is 1200. The van der Waals surface area contributed by atoms with Crippen molar-refractivity contribution in [2.45, 2.75) is 11.3 Å². The number of hydrogen-bond acceptors (Lipinski definition) is 6. The summed E-state index contributed by atoms with van der Waals surface area (Å²) in [6.07, 6.45) is 0.156. The topological polar surface area (TPSA) is 103 Å². The molecule has 33 heavy (non-hydrogen) atoms. The van der Waals surface area contributed by atoms with Gasteiger partial charge in [-0.3, -0.25) is 9.52 Å². The lowest BCUT2D eigenvalue weighted by Gasteiger charge is -2.13. The number of sulfonamides is 1. The van der Waals surface area contributed by atoms with E-state index in [-0.39, 0.29) is 29.5 Å². The lowest BCUT2D eigenvalue weighted by molar-refractivity contribution is -0.116. The largest absolute Gasteiger partial charge is 0.497 e. The van der Waals surface area contributed by atoms with E-state index in [2.05, 4.69) is 32.6 Å². The minimum Gasteiger partial charge on any atom is -0.497 e. The number of hydrogen-bond donors (Lipinski definition) is 2. The molecular formula is C23H23IN2O6S. The van der Waals surface area contributed by atoms with Gasteiger partial charge < -0.3 is 19.5 Å². The SMILES string of the molecule is COc1ccc(OC)c(NS(=O)(=O)c2ccc(NC(=O)CCOc3ccc(I)cc3)cc2)c1. The van der Waals surface area contributed by atoms with Crippen LogP contribution < -0.4 is 24.2 Å². The van der Waals surface area contributed by atoms with Crippen LogP contribution >= 0.6 is 22.6 Å². The van der Waals surface area contributed by atoms with Gasteiger partial charge in [-0.25, -0.2) is 8.42 Å². The van der Waals surface area contributed by atoms with Crippen molar-refractivity contribution in [2.24, 2.45) is 0 Å². The molecular weight excluding hydrogens is 559 g/mol. The van der Waals surface area contributed by atoms with Gasteiger partial charge in [-0.15, -0.1) is 0 Å². The molecule has 0 saturated carbocycles. The summed E-state index contributed by atoms with van der Waals surface area (Å²) in [5, 5.41) is 2.73. The monoisotopic (exact) mass is 582 g/mol. The lowest BCUT2D eigenvalue weighted by atomic mass is 10.3. The highest BCUT2D eigenvalue weighted by Gasteiger charge is 2.17. The van der Waals surface area contributed by atoms with Gasteiger partial charge in [-0.05, 0) is 83.3 Å². The van der Waals surface area contributed by atoms with E-state index in [4.69, 9.17) is 14.2 Å². The highest BCUT2D eigenvalue weighted by molar-refractivity contribution is 14.1. The highest BCUT2D eigenvalue weighted by Crippen LogP contribution is 2.31. The summed E-state index contributed by atoms with van der Waals surface area (Å²) in [5.41, 5.74) is 0.731. The average Bonchev–Trinajstić information content (AvgIpc) is 2.80. The van der Waals surface area contributed by atoms with Crippen molar-refractivity contribution in [3.05, 3.63) is 70.3 Å².